The van der Waals surface area contributed by atoms with Gasteiger partial charge in [0.25, 0.3) is 5.91 Å². The van der Waals surface area contributed by atoms with E-state index in [0.717, 1.165) is 5.56 Å². The van der Waals surface area contributed by atoms with Crippen molar-refractivity contribution in [2.24, 2.45) is 5.92 Å². The van der Waals surface area contributed by atoms with Gasteiger partial charge in [-0.25, -0.2) is 0 Å². The van der Waals surface area contributed by atoms with Crippen LogP contribution in [0.4, 0.5) is 9.80 Å². The summed E-state index contributed by atoms with van der Waals surface area (Å²) in [6.07, 6.45) is -6.98. The average molecular weight is 502 g/mol. The molecule has 1 amide bonds. The molecule has 0 radical (unpaired) electrons. The Balaban J connectivity index is 1.55. The van der Waals surface area contributed by atoms with Crippen LogP contribution in [-0.2, 0) is 20.7 Å². The van der Waals surface area contributed by atoms with Gasteiger partial charge < -0.3 is 44.4 Å². The zero-order valence-electron chi connectivity index (χ0n) is 19.7. The van der Waals surface area contributed by atoms with Crippen LogP contribution in [0.1, 0.15) is 25.3 Å². The topological polar surface area (TPSA) is 149 Å². The number of anilines is 1. The summed E-state index contributed by atoms with van der Waals surface area (Å²) in [4.78, 5) is 12.4. The lowest BCUT2D eigenvalue weighted by molar-refractivity contribution is -0.274. The molecule has 2 aliphatic heterocycles. The SMILES string of the molecule is C[C@@H]1[C@@H]([Si](C)(C)F)[C@H](CCO)O[C@@H]1CCc1ccc(NC(=O)[C@H]2O[C@@H](O)[C@H](O)[C@@H](O)[C@@H]2O)cc1. The first-order chi connectivity index (χ1) is 15.9. The lowest BCUT2D eigenvalue weighted by Crippen LogP contribution is -2.60. The molecule has 0 saturated carbocycles. The number of halogens is 1. The van der Waals surface area contributed by atoms with Gasteiger partial charge in [-0.2, -0.15) is 0 Å². The van der Waals surface area contributed by atoms with Gasteiger partial charge in [0.2, 0.25) is 8.41 Å². The van der Waals surface area contributed by atoms with Gasteiger partial charge in [-0.15, -0.1) is 0 Å². The number of nitrogens with one attached hydrogen (secondary N) is 1. The van der Waals surface area contributed by atoms with E-state index in [1.54, 1.807) is 25.2 Å². The van der Waals surface area contributed by atoms with Crippen molar-refractivity contribution in [1.29, 1.82) is 0 Å². The third kappa shape index (κ3) is 6.03. The fourth-order valence-corrected chi connectivity index (χ4v) is 7.73. The molecule has 0 bridgehead atoms. The van der Waals surface area contributed by atoms with E-state index in [2.05, 4.69) is 5.32 Å². The summed E-state index contributed by atoms with van der Waals surface area (Å²) in [6, 6.07) is 7.02. The predicted molar refractivity (Wildman–Crippen MR) is 124 cm³/mol. The number of hydrogen-bond donors (Lipinski definition) is 6. The fourth-order valence-electron chi connectivity index (χ4n) is 5.13. The molecule has 9 nitrogen and oxygen atoms in total. The predicted octanol–water partition coefficient (Wildman–Crippen LogP) is 0.688. The molecule has 2 heterocycles. The Morgan fingerprint density at radius 3 is 2.24 bits per heavy atom. The van der Waals surface area contributed by atoms with Crippen LogP contribution in [0.2, 0.25) is 18.6 Å². The number of ether oxygens (including phenoxy) is 2. The summed E-state index contributed by atoms with van der Waals surface area (Å²) >= 11 is 0. The monoisotopic (exact) mass is 501 g/mol. The summed E-state index contributed by atoms with van der Waals surface area (Å²) in [5.74, 6) is -0.703. The summed E-state index contributed by atoms with van der Waals surface area (Å²) in [7, 11) is -2.94. The van der Waals surface area contributed by atoms with E-state index in [0.29, 0.717) is 24.9 Å². The maximum absolute atomic E-state index is 14.9. The molecule has 0 aliphatic carbocycles. The van der Waals surface area contributed by atoms with Crippen LogP contribution in [0.15, 0.2) is 24.3 Å². The summed E-state index contributed by atoms with van der Waals surface area (Å²) in [5, 5.41) is 50.8. The molecule has 0 unspecified atom stereocenters. The Morgan fingerprint density at radius 1 is 1.00 bits per heavy atom. The van der Waals surface area contributed by atoms with E-state index < -0.39 is 45.0 Å². The first-order valence-electron chi connectivity index (χ1n) is 11.7. The van der Waals surface area contributed by atoms with Crippen LogP contribution in [0.25, 0.3) is 0 Å². The van der Waals surface area contributed by atoms with E-state index in [9.17, 15) is 34.4 Å². The normalized spacial score (nSPS) is 36.4. The van der Waals surface area contributed by atoms with Crippen LogP contribution < -0.4 is 5.32 Å². The zero-order valence-corrected chi connectivity index (χ0v) is 20.7. The summed E-state index contributed by atoms with van der Waals surface area (Å²) < 4.78 is 26.0. The second-order valence-electron chi connectivity index (χ2n) is 9.82. The van der Waals surface area contributed by atoms with Crippen molar-refractivity contribution in [3.05, 3.63) is 29.8 Å². The Morgan fingerprint density at radius 2 is 1.65 bits per heavy atom. The molecule has 6 N–H and O–H groups in total. The van der Waals surface area contributed by atoms with Gasteiger partial charge in [-0.05, 0) is 56.0 Å². The molecule has 2 saturated heterocycles. The van der Waals surface area contributed by atoms with Crippen molar-refractivity contribution >= 4 is 20.0 Å². The lowest BCUT2D eigenvalue weighted by atomic mass is 9.95. The van der Waals surface area contributed by atoms with Gasteiger partial charge in [0.1, 0.15) is 18.3 Å². The molecule has 3 rings (SSSR count). The minimum Gasteiger partial charge on any atom is -0.396 e. The molecule has 9 atom stereocenters. The summed E-state index contributed by atoms with van der Waals surface area (Å²) in [5.41, 5.74) is 1.27. The van der Waals surface area contributed by atoms with Gasteiger partial charge in [0, 0.05) is 17.8 Å². The first-order valence-corrected chi connectivity index (χ1v) is 14.6. The van der Waals surface area contributed by atoms with Crippen molar-refractivity contribution in [1.82, 2.24) is 0 Å². The van der Waals surface area contributed by atoms with E-state index >= 15 is 0 Å². The summed E-state index contributed by atoms with van der Waals surface area (Å²) in [6.45, 7) is 5.38. The maximum Gasteiger partial charge on any atom is 0.256 e. The second kappa shape index (κ2) is 11.1. The second-order valence-corrected chi connectivity index (χ2v) is 13.6. The van der Waals surface area contributed by atoms with Gasteiger partial charge in [0.15, 0.2) is 12.4 Å². The van der Waals surface area contributed by atoms with Crippen LogP contribution in [0.3, 0.4) is 0 Å². The van der Waals surface area contributed by atoms with Gasteiger partial charge in [0.05, 0.1) is 12.2 Å². The van der Waals surface area contributed by atoms with Crippen molar-refractivity contribution < 1.29 is 43.9 Å². The third-order valence-electron chi connectivity index (χ3n) is 6.89. The molecule has 34 heavy (non-hydrogen) atoms. The highest BCUT2D eigenvalue weighted by Crippen LogP contribution is 2.46. The Bertz CT molecular complexity index is 822. The standard InChI is InChI=1S/C23H36FNO8Si/c1-12-15(32-16(10-11-26)21(12)34(2,3)24)9-6-13-4-7-14(8-5-13)25-22(30)20-18(28)17(27)19(29)23(31)33-20/h4-5,7-8,12,15-21,23,26-29,31H,6,9-11H2,1-3H3,(H,25,30)/t12-,15+,16-,17-,18-,19+,20-,21+,23+/m0/s1. The number of amides is 1. The highest BCUT2D eigenvalue weighted by atomic mass is 28.4. The molecule has 1 aromatic rings. The van der Waals surface area contributed by atoms with E-state index in [1.807, 2.05) is 19.1 Å². The van der Waals surface area contributed by atoms with Crippen LogP contribution in [0.5, 0.6) is 0 Å². The van der Waals surface area contributed by atoms with Crippen molar-refractivity contribution in [3.8, 4) is 0 Å². The number of hydrogen-bond acceptors (Lipinski definition) is 8. The minimum atomic E-state index is -2.94. The number of rotatable bonds is 8. The molecule has 2 aliphatic rings. The average Bonchev–Trinajstić information content (AvgIpc) is 3.09. The molecule has 192 valence electrons. The fraction of sp³-hybridized carbons (Fsp3) is 0.696. The Kier molecular flexibility index (Phi) is 8.85. The molecule has 2 fully saturated rings. The minimum absolute atomic E-state index is 0.0281. The van der Waals surface area contributed by atoms with Crippen molar-refractivity contribution in [2.75, 3.05) is 11.9 Å². The number of aliphatic hydroxyl groups is 5. The third-order valence-corrected chi connectivity index (χ3v) is 9.38. The smallest absolute Gasteiger partial charge is 0.256 e. The van der Waals surface area contributed by atoms with Crippen LogP contribution in [0, 0.1) is 5.92 Å². The van der Waals surface area contributed by atoms with E-state index in [-0.39, 0.29) is 30.3 Å². The molecule has 0 spiro atoms. The molecule has 11 heteroatoms. The molecular formula is C23H36FNO8Si. The van der Waals surface area contributed by atoms with Crippen molar-refractivity contribution in [2.45, 2.75) is 87.7 Å². The number of carbonyl (C=O) groups excluding carboxylic acids is 1. The highest BCUT2D eigenvalue weighted by molar-refractivity contribution is 6.72. The van der Waals surface area contributed by atoms with Gasteiger partial charge in [-0.1, -0.05) is 19.1 Å². The molecule has 0 aromatic heterocycles. The number of carbonyl (C=O) groups is 1. The van der Waals surface area contributed by atoms with Crippen molar-refractivity contribution in [3.63, 3.8) is 0 Å². The van der Waals surface area contributed by atoms with Crippen LogP contribution in [-0.4, -0.2) is 89.4 Å². The van der Waals surface area contributed by atoms with Gasteiger partial charge >= 0.3 is 0 Å². The van der Waals surface area contributed by atoms with Crippen LogP contribution >= 0.6 is 0 Å². The molecule has 1 aromatic carbocycles. The highest BCUT2D eigenvalue weighted by Gasteiger charge is 2.50. The molecular weight excluding hydrogens is 465 g/mol. The van der Waals surface area contributed by atoms with E-state index in [1.165, 1.54) is 0 Å². The number of aryl methyl sites for hydroxylation is 1. The van der Waals surface area contributed by atoms with Gasteiger partial charge in [-0.3, -0.25) is 4.79 Å². The van der Waals surface area contributed by atoms with E-state index in [4.69, 9.17) is 9.47 Å². The Labute approximate surface area is 199 Å². The zero-order chi connectivity index (χ0) is 25.2. The first kappa shape index (κ1) is 27.1. The Hall–Kier alpha value is -1.44. The number of benzene rings is 1. The maximum atomic E-state index is 14.9. The lowest BCUT2D eigenvalue weighted by Gasteiger charge is -2.37. The number of aliphatic hydroxyl groups excluding tert-OH is 5. The largest absolute Gasteiger partial charge is 0.396 e. The quantitative estimate of drug-likeness (QED) is 0.225.